The summed E-state index contributed by atoms with van der Waals surface area (Å²) in [4.78, 5) is 4.22. The quantitative estimate of drug-likeness (QED) is 0.846. The van der Waals surface area contributed by atoms with Crippen molar-refractivity contribution in [2.24, 2.45) is 10.9 Å². The summed E-state index contributed by atoms with van der Waals surface area (Å²) in [6.07, 6.45) is -0.710. The van der Waals surface area contributed by atoms with Crippen LogP contribution in [0.3, 0.4) is 0 Å². The number of fused-ring (bicyclic) bond motifs is 1. The van der Waals surface area contributed by atoms with Crippen molar-refractivity contribution in [3.63, 3.8) is 0 Å². The van der Waals surface area contributed by atoms with E-state index in [1.165, 1.54) is 11.8 Å². The van der Waals surface area contributed by atoms with Crippen molar-refractivity contribution >= 4 is 16.9 Å². The van der Waals surface area contributed by atoms with Crippen LogP contribution in [0.15, 0.2) is 29.3 Å². The van der Waals surface area contributed by atoms with E-state index < -0.39 is 11.8 Å². The van der Waals surface area contributed by atoms with Crippen LogP contribution < -0.4 is 10.1 Å². The number of nitrogens with zero attached hydrogens (tertiary/aromatic N) is 1. The van der Waals surface area contributed by atoms with Crippen molar-refractivity contribution in [1.29, 1.82) is 0 Å². The molecule has 1 aromatic carbocycles. The Morgan fingerprint density at radius 3 is 2.58 bits per heavy atom. The first kappa shape index (κ1) is 19.5. The van der Waals surface area contributed by atoms with E-state index in [-0.39, 0.29) is 23.5 Å². The maximum atomic E-state index is 14.7. The number of amidine groups is 1. The predicted molar refractivity (Wildman–Crippen MR) is 102 cm³/mol. The first-order valence-corrected chi connectivity index (χ1v) is 9.70. The second-order valence-corrected chi connectivity index (χ2v) is 8.38. The molecule has 26 heavy (non-hydrogen) atoms. The number of benzene rings is 1. The number of ether oxygens (including phenoxy) is 3. The lowest BCUT2D eigenvalue weighted by atomic mass is 9.83. The van der Waals surface area contributed by atoms with Crippen molar-refractivity contribution in [3.05, 3.63) is 29.8 Å². The molecule has 0 bridgehead atoms. The molecule has 2 aliphatic heterocycles. The van der Waals surface area contributed by atoms with E-state index in [4.69, 9.17) is 14.2 Å². The predicted octanol–water partition coefficient (Wildman–Crippen LogP) is 3.38. The number of hydrogen-bond donors (Lipinski definition) is 1. The van der Waals surface area contributed by atoms with Gasteiger partial charge in [-0.3, -0.25) is 4.99 Å². The summed E-state index contributed by atoms with van der Waals surface area (Å²) in [5, 5.41) is 4.18. The zero-order valence-corrected chi connectivity index (χ0v) is 16.7. The average molecular weight is 383 g/mol. The van der Waals surface area contributed by atoms with E-state index in [2.05, 4.69) is 10.3 Å². The zero-order valence-electron chi connectivity index (χ0n) is 15.9. The molecular weight excluding hydrogens is 355 g/mol. The monoisotopic (exact) mass is 382 g/mol. The standard InChI is InChI=1S/C19H27FN2O3S/c1-11-15(24-10-12-6-8-13(23-5)9-7-12)14-17(26-18(21-4)22-14)25-16(11)19(2,3)20/h6-9,11,14-17H,10H2,1-5H3,(H,21,22)/t11-,14+,15-,16-,17+/m0/s1. The van der Waals surface area contributed by atoms with Crippen LogP contribution in [0.5, 0.6) is 5.75 Å². The van der Waals surface area contributed by atoms with Crippen LogP contribution in [0.4, 0.5) is 4.39 Å². The van der Waals surface area contributed by atoms with Crippen molar-refractivity contribution in [2.45, 2.75) is 56.7 Å². The fourth-order valence-corrected chi connectivity index (χ4v) is 4.69. The molecule has 2 fully saturated rings. The molecule has 3 rings (SSSR count). The van der Waals surface area contributed by atoms with E-state index in [0.717, 1.165) is 16.5 Å². The summed E-state index contributed by atoms with van der Waals surface area (Å²) in [5.74, 6) is 0.712. The minimum absolute atomic E-state index is 0.0504. The SMILES string of the molecule is CN=C1N[C@@H]2[C@@H](OCc3ccc(OC)cc3)[C@H](C)[C@@H](C(C)(C)F)O[C@@H]2S1. The molecule has 0 amide bonds. The zero-order chi connectivity index (χ0) is 18.9. The van der Waals surface area contributed by atoms with E-state index in [1.54, 1.807) is 28.0 Å². The van der Waals surface area contributed by atoms with Gasteiger partial charge in [0.2, 0.25) is 0 Å². The molecule has 5 nitrogen and oxygen atoms in total. The highest BCUT2D eigenvalue weighted by Gasteiger charge is 2.53. The molecule has 1 aromatic rings. The fraction of sp³-hybridized carbons (Fsp3) is 0.632. The second-order valence-electron chi connectivity index (χ2n) is 7.29. The van der Waals surface area contributed by atoms with Crippen LogP contribution in [-0.4, -0.2) is 48.7 Å². The highest BCUT2D eigenvalue weighted by atomic mass is 32.2. The van der Waals surface area contributed by atoms with E-state index in [9.17, 15) is 4.39 Å². The summed E-state index contributed by atoms with van der Waals surface area (Å²) in [5.41, 5.74) is -0.600. The van der Waals surface area contributed by atoms with Gasteiger partial charge < -0.3 is 19.5 Å². The number of alkyl halides is 1. The average Bonchev–Trinajstić information content (AvgIpc) is 3.03. The van der Waals surface area contributed by atoms with E-state index in [0.29, 0.717) is 6.61 Å². The van der Waals surface area contributed by atoms with Crippen LogP contribution in [0, 0.1) is 5.92 Å². The first-order chi connectivity index (χ1) is 12.3. The fourth-order valence-electron chi connectivity index (χ4n) is 3.62. The molecule has 2 heterocycles. The van der Waals surface area contributed by atoms with Crippen molar-refractivity contribution in [2.75, 3.05) is 14.2 Å². The molecule has 0 aliphatic carbocycles. The third-order valence-electron chi connectivity index (χ3n) is 4.92. The number of hydrogen-bond acceptors (Lipinski definition) is 5. The van der Waals surface area contributed by atoms with Crippen LogP contribution in [-0.2, 0) is 16.1 Å². The summed E-state index contributed by atoms with van der Waals surface area (Å²) in [7, 11) is 3.38. The Bertz CT molecular complexity index is 647. The number of rotatable bonds is 5. The summed E-state index contributed by atoms with van der Waals surface area (Å²) in [6, 6.07) is 7.73. The molecule has 0 spiro atoms. The minimum atomic E-state index is -1.45. The highest BCUT2D eigenvalue weighted by molar-refractivity contribution is 8.14. The lowest BCUT2D eigenvalue weighted by Gasteiger charge is -2.45. The molecule has 2 saturated heterocycles. The minimum Gasteiger partial charge on any atom is -0.497 e. The van der Waals surface area contributed by atoms with Crippen molar-refractivity contribution < 1.29 is 18.6 Å². The number of halogens is 1. The number of aliphatic imine (C=N–C) groups is 1. The molecule has 144 valence electrons. The van der Waals surface area contributed by atoms with Crippen molar-refractivity contribution in [1.82, 2.24) is 5.32 Å². The Hall–Kier alpha value is -1.31. The van der Waals surface area contributed by atoms with Gasteiger partial charge in [0.15, 0.2) is 5.17 Å². The van der Waals surface area contributed by atoms with Crippen LogP contribution in [0.2, 0.25) is 0 Å². The highest BCUT2D eigenvalue weighted by Crippen LogP contribution is 2.42. The maximum Gasteiger partial charge on any atom is 0.159 e. The third-order valence-corrected chi connectivity index (χ3v) is 6.08. The van der Waals surface area contributed by atoms with Crippen LogP contribution in [0.1, 0.15) is 26.3 Å². The van der Waals surface area contributed by atoms with E-state index >= 15 is 0 Å². The Morgan fingerprint density at radius 2 is 2.00 bits per heavy atom. The summed E-state index contributed by atoms with van der Waals surface area (Å²) in [6.45, 7) is 5.58. The number of nitrogens with one attached hydrogen (secondary N) is 1. The molecule has 1 N–H and O–H groups in total. The van der Waals surface area contributed by atoms with Crippen LogP contribution >= 0.6 is 11.8 Å². The number of methoxy groups -OCH3 is 1. The van der Waals surface area contributed by atoms with Gasteiger partial charge in [-0.25, -0.2) is 4.39 Å². The van der Waals surface area contributed by atoms with Gasteiger partial charge in [-0.15, -0.1) is 0 Å². The van der Waals surface area contributed by atoms with Gasteiger partial charge in [0.1, 0.15) is 16.9 Å². The lowest BCUT2D eigenvalue weighted by Crippen LogP contribution is -2.60. The molecule has 5 atom stereocenters. The number of thioether (sulfide) groups is 1. The second kappa shape index (κ2) is 7.74. The summed E-state index contributed by atoms with van der Waals surface area (Å²) >= 11 is 1.50. The van der Waals surface area contributed by atoms with Gasteiger partial charge >= 0.3 is 0 Å². The Labute approximate surface area is 158 Å². The normalized spacial score (nSPS) is 33.0. The van der Waals surface area contributed by atoms with Crippen LogP contribution in [0.25, 0.3) is 0 Å². The van der Waals surface area contributed by atoms with Crippen molar-refractivity contribution in [3.8, 4) is 5.75 Å². The molecule has 0 aromatic heterocycles. The van der Waals surface area contributed by atoms with Gasteiger partial charge in [0, 0.05) is 13.0 Å². The van der Waals surface area contributed by atoms with Gasteiger partial charge in [0.25, 0.3) is 0 Å². The molecule has 7 heteroatoms. The molecule has 0 unspecified atom stereocenters. The largest absolute Gasteiger partial charge is 0.497 e. The summed E-state index contributed by atoms with van der Waals surface area (Å²) < 4.78 is 32.3. The molecular formula is C19H27FN2O3S. The Kier molecular flexibility index (Phi) is 5.79. The first-order valence-electron chi connectivity index (χ1n) is 8.82. The van der Waals surface area contributed by atoms with E-state index in [1.807, 2.05) is 31.2 Å². The topological polar surface area (TPSA) is 52.1 Å². The smallest absolute Gasteiger partial charge is 0.159 e. The molecule has 2 aliphatic rings. The van der Waals surface area contributed by atoms with Gasteiger partial charge in [0.05, 0.1) is 32.0 Å². The third kappa shape index (κ3) is 4.00. The Balaban J connectivity index is 1.76. The molecule has 0 radical (unpaired) electrons. The van der Waals surface area contributed by atoms with Gasteiger partial charge in [-0.05, 0) is 31.5 Å². The Morgan fingerprint density at radius 1 is 1.31 bits per heavy atom. The lowest BCUT2D eigenvalue weighted by molar-refractivity contribution is -0.177. The molecule has 0 saturated carbocycles. The maximum absolute atomic E-state index is 14.7. The van der Waals surface area contributed by atoms with Gasteiger partial charge in [-0.1, -0.05) is 30.8 Å². The van der Waals surface area contributed by atoms with Gasteiger partial charge in [-0.2, -0.15) is 0 Å².